The first-order chi connectivity index (χ1) is 8.20. The summed E-state index contributed by atoms with van der Waals surface area (Å²) in [5.74, 6) is 0.854. The standard InChI is InChI=1S/C13H16O4/c1-13(12(14-2)15-3)11-10(16-11)8-6-4-5-7-9(8)17-13/h4-7,10-12H,1-3H3/t10-,11-,13-/m1/s1. The SMILES string of the molecule is COC(OC)[C@]1(C)Oc2ccccc2[C@H]2O[C@H]21. The lowest BCUT2D eigenvalue weighted by Gasteiger charge is -2.37. The van der Waals surface area contributed by atoms with Crippen LogP contribution in [0.15, 0.2) is 24.3 Å². The highest BCUT2D eigenvalue weighted by Gasteiger charge is 2.62. The van der Waals surface area contributed by atoms with Gasteiger partial charge in [0.05, 0.1) is 0 Å². The first kappa shape index (κ1) is 11.0. The summed E-state index contributed by atoms with van der Waals surface area (Å²) in [4.78, 5) is 0. The molecule has 0 N–H and O–H groups in total. The molecule has 0 aliphatic carbocycles. The molecule has 92 valence electrons. The molecule has 3 rings (SSSR count). The number of rotatable bonds is 3. The van der Waals surface area contributed by atoms with Crippen LogP contribution >= 0.6 is 0 Å². The van der Waals surface area contributed by atoms with Gasteiger partial charge in [-0.1, -0.05) is 18.2 Å². The summed E-state index contributed by atoms with van der Waals surface area (Å²) in [7, 11) is 3.22. The highest BCUT2D eigenvalue weighted by Crippen LogP contribution is 2.54. The van der Waals surface area contributed by atoms with Crippen LogP contribution in [-0.4, -0.2) is 32.2 Å². The maximum absolute atomic E-state index is 6.04. The fourth-order valence-electron chi connectivity index (χ4n) is 2.63. The van der Waals surface area contributed by atoms with Crippen LogP contribution in [0.2, 0.25) is 0 Å². The second-order valence-electron chi connectivity index (χ2n) is 4.60. The van der Waals surface area contributed by atoms with E-state index in [4.69, 9.17) is 18.9 Å². The Bertz CT molecular complexity index is 429. The van der Waals surface area contributed by atoms with E-state index < -0.39 is 11.9 Å². The van der Waals surface area contributed by atoms with Gasteiger partial charge >= 0.3 is 0 Å². The molecule has 1 aromatic carbocycles. The van der Waals surface area contributed by atoms with Gasteiger partial charge in [0.2, 0.25) is 0 Å². The van der Waals surface area contributed by atoms with Crippen LogP contribution in [0.4, 0.5) is 0 Å². The van der Waals surface area contributed by atoms with Crippen LogP contribution in [0.3, 0.4) is 0 Å². The van der Waals surface area contributed by atoms with Gasteiger partial charge in [0.15, 0.2) is 11.9 Å². The third-order valence-electron chi connectivity index (χ3n) is 3.51. The Labute approximate surface area is 100 Å². The maximum atomic E-state index is 6.04. The summed E-state index contributed by atoms with van der Waals surface area (Å²) in [5, 5.41) is 0. The number of ether oxygens (including phenoxy) is 4. The van der Waals surface area contributed by atoms with Crippen molar-refractivity contribution in [3.05, 3.63) is 29.8 Å². The van der Waals surface area contributed by atoms with E-state index in [1.165, 1.54) is 0 Å². The van der Waals surface area contributed by atoms with Crippen LogP contribution in [0.1, 0.15) is 18.6 Å². The van der Waals surface area contributed by atoms with E-state index in [2.05, 4.69) is 0 Å². The molecule has 0 saturated carbocycles. The zero-order chi connectivity index (χ0) is 12.0. The van der Waals surface area contributed by atoms with Gasteiger partial charge in [-0.05, 0) is 13.0 Å². The van der Waals surface area contributed by atoms with E-state index in [9.17, 15) is 0 Å². The number of benzene rings is 1. The summed E-state index contributed by atoms with van der Waals surface area (Å²) in [5.41, 5.74) is 0.517. The van der Waals surface area contributed by atoms with Crippen LogP contribution < -0.4 is 4.74 Å². The van der Waals surface area contributed by atoms with Crippen molar-refractivity contribution in [2.24, 2.45) is 0 Å². The minimum absolute atomic E-state index is 0.00213. The molecule has 17 heavy (non-hydrogen) atoms. The molecule has 1 saturated heterocycles. The van der Waals surface area contributed by atoms with Crippen molar-refractivity contribution in [2.45, 2.75) is 31.0 Å². The second kappa shape index (κ2) is 3.70. The van der Waals surface area contributed by atoms with E-state index in [1.807, 2.05) is 31.2 Å². The Balaban J connectivity index is 1.97. The van der Waals surface area contributed by atoms with Crippen molar-refractivity contribution in [3.63, 3.8) is 0 Å². The largest absolute Gasteiger partial charge is 0.479 e. The van der Waals surface area contributed by atoms with Crippen LogP contribution in [-0.2, 0) is 14.2 Å². The molecule has 4 nitrogen and oxygen atoms in total. The number of fused-ring (bicyclic) bond motifs is 3. The van der Waals surface area contributed by atoms with Gasteiger partial charge in [0.25, 0.3) is 0 Å². The molecule has 3 atom stereocenters. The molecule has 1 aromatic rings. The molecule has 2 aliphatic heterocycles. The monoisotopic (exact) mass is 236 g/mol. The van der Waals surface area contributed by atoms with Gasteiger partial charge in [0, 0.05) is 19.8 Å². The zero-order valence-electron chi connectivity index (χ0n) is 10.2. The van der Waals surface area contributed by atoms with E-state index in [0.29, 0.717) is 0 Å². The van der Waals surface area contributed by atoms with Crippen molar-refractivity contribution < 1.29 is 18.9 Å². The number of para-hydroxylation sites is 1. The normalized spacial score (nSPS) is 33.9. The molecule has 1 fully saturated rings. The van der Waals surface area contributed by atoms with Crippen LogP contribution in [0.5, 0.6) is 5.75 Å². The molecule has 2 aliphatic rings. The van der Waals surface area contributed by atoms with E-state index in [0.717, 1.165) is 11.3 Å². The van der Waals surface area contributed by atoms with Crippen molar-refractivity contribution in [2.75, 3.05) is 14.2 Å². The van der Waals surface area contributed by atoms with Gasteiger partial charge in [-0.15, -0.1) is 0 Å². The van der Waals surface area contributed by atoms with E-state index >= 15 is 0 Å². The number of epoxide rings is 1. The highest BCUT2D eigenvalue weighted by atomic mass is 16.7. The minimum atomic E-state index is -0.595. The Morgan fingerprint density at radius 3 is 2.65 bits per heavy atom. The summed E-state index contributed by atoms with van der Waals surface area (Å²) >= 11 is 0. The minimum Gasteiger partial charge on any atom is -0.479 e. The van der Waals surface area contributed by atoms with Gasteiger partial charge in [-0.3, -0.25) is 0 Å². The number of hydrogen-bond donors (Lipinski definition) is 0. The quantitative estimate of drug-likeness (QED) is 0.593. The van der Waals surface area contributed by atoms with E-state index in [-0.39, 0.29) is 12.2 Å². The Morgan fingerprint density at radius 2 is 1.94 bits per heavy atom. The second-order valence-corrected chi connectivity index (χ2v) is 4.60. The average molecular weight is 236 g/mol. The van der Waals surface area contributed by atoms with Gasteiger partial charge in [-0.2, -0.15) is 0 Å². The molecule has 4 heteroatoms. The van der Waals surface area contributed by atoms with Crippen LogP contribution in [0.25, 0.3) is 0 Å². The molecular weight excluding hydrogens is 220 g/mol. The fourth-order valence-corrected chi connectivity index (χ4v) is 2.63. The van der Waals surface area contributed by atoms with Crippen molar-refractivity contribution in [1.29, 1.82) is 0 Å². The van der Waals surface area contributed by atoms with Gasteiger partial charge in [-0.25, -0.2) is 0 Å². The van der Waals surface area contributed by atoms with Gasteiger partial charge in [0.1, 0.15) is 18.0 Å². The fraction of sp³-hybridized carbons (Fsp3) is 0.538. The van der Waals surface area contributed by atoms with Gasteiger partial charge < -0.3 is 18.9 Å². The molecule has 2 heterocycles. The molecule has 0 unspecified atom stereocenters. The summed E-state index contributed by atoms with van der Waals surface area (Å²) < 4.78 is 22.4. The third kappa shape index (κ3) is 1.48. The molecule has 0 amide bonds. The average Bonchev–Trinajstić information content (AvgIpc) is 3.12. The summed E-state index contributed by atoms with van der Waals surface area (Å²) in [6.45, 7) is 1.96. The smallest absolute Gasteiger partial charge is 0.199 e. The first-order valence-corrected chi connectivity index (χ1v) is 5.69. The predicted octanol–water partition coefficient (Wildman–Crippen LogP) is 1.90. The molecule has 0 spiro atoms. The van der Waals surface area contributed by atoms with Crippen molar-refractivity contribution in [3.8, 4) is 5.75 Å². The van der Waals surface area contributed by atoms with Crippen molar-refractivity contribution >= 4 is 0 Å². The number of methoxy groups -OCH3 is 2. The summed E-state index contributed by atoms with van der Waals surface area (Å²) in [6.07, 6.45) is -0.328. The highest BCUT2D eigenvalue weighted by molar-refractivity contribution is 5.42. The lowest BCUT2D eigenvalue weighted by atomic mass is 9.92. The molecule has 0 aromatic heterocycles. The predicted molar refractivity (Wildman–Crippen MR) is 60.9 cm³/mol. The Morgan fingerprint density at radius 1 is 1.24 bits per heavy atom. The maximum Gasteiger partial charge on any atom is 0.199 e. The topological polar surface area (TPSA) is 40.2 Å². The molecule has 0 radical (unpaired) electrons. The van der Waals surface area contributed by atoms with E-state index in [1.54, 1.807) is 14.2 Å². The van der Waals surface area contributed by atoms with Crippen molar-refractivity contribution in [1.82, 2.24) is 0 Å². The third-order valence-corrected chi connectivity index (χ3v) is 3.51. The van der Waals surface area contributed by atoms with Crippen LogP contribution in [0, 0.1) is 0 Å². The zero-order valence-corrected chi connectivity index (χ0v) is 10.2. The number of hydrogen-bond acceptors (Lipinski definition) is 4. The summed E-state index contributed by atoms with van der Waals surface area (Å²) in [6, 6.07) is 7.94. The Kier molecular flexibility index (Phi) is 2.40. The molecule has 0 bridgehead atoms. The lowest BCUT2D eigenvalue weighted by Crippen LogP contribution is -2.53. The first-order valence-electron chi connectivity index (χ1n) is 5.69. The lowest BCUT2D eigenvalue weighted by molar-refractivity contribution is -0.205. The molecular formula is C13H16O4. The Hall–Kier alpha value is -1.10.